The van der Waals surface area contributed by atoms with Gasteiger partial charge in [0.15, 0.2) is 18.9 Å². The maximum Gasteiger partial charge on any atom is 0.187 e. The van der Waals surface area contributed by atoms with E-state index in [9.17, 15) is 10.2 Å². The SMILES string of the molecule is CO[C@@H]1O[C@@H]2COC(c3ccccc3)O[C@@H]2[C@H](OCc2ccccc2)[C@H]1O[C@@H]1O[C@H](CO)[C@H](O)[C@H](OCc2ccccc2)[C@H]1OCc1ccccc1. The Morgan fingerprint density at radius 2 is 1.12 bits per heavy atom. The molecule has 11 atom stereocenters. The highest BCUT2D eigenvalue weighted by Crippen LogP contribution is 2.39. The molecule has 2 N–H and O–H groups in total. The number of rotatable bonds is 14. The van der Waals surface area contributed by atoms with Crippen LogP contribution in [-0.4, -0.2) is 91.9 Å². The monoisotopic (exact) mass is 714 g/mol. The minimum absolute atomic E-state index is 0.184. The van der Waals surface area contributed by atoms with Crippen molar-refractivity contribution >= 4 is 0 Å². The normalized spacial score (nSPS) is 31.9. The lowest BCUT2D eigenvalue weighted by Crippen LogP contribution is -2.67. The summed E-state index contributed by atoms with van der Waals surface area (Å²) < 4.78 is 57.8. The average molecular weight is 715 g/mol. The molecule has 4 aromatic carbocycles. The van der Waals surface area contributed by atoms with Gasteiger partial charge in [0.25, 0.3) is 0 Å². The van der Waals surface area contributed by atoms with Gasteiger partial charge in [-0.2, -0.15) is 0 Å². The van der Waals surface area contributed by atoms with E-state index in [2.05, 4.69) is 0 Å². The van der Waals surface area contributed by atoms with Gasteiger partial charge in [0.2, 0.25) is 0 Å². The zero-order chi connectivity index (χ0) is 35.7. The maximum atomic E-state index is 11.5. The van der Waals surface area contributed by atoms with Gasteiger partial charge in [-0.15, -0.1) is 0 Å². The van der Waals surface area contributed by atoms with E-state index in [1.54, 1.807) is 0 Å². The van der Waals surface area contributed by atoms with E-state index >= 15 is 0 Å². The largest absolute Gasteiger partial charge is 0.394 e. The van der Waals surface area contributed by atoms with Crippen molar-refractivity contribution in [2.24, 2.45) is 0 Å². The van der Waals surface area contributed by atoms with Crippen molar-refractivity contribution in [2.75, 3.05) is 20.3 Å². The van der Waals surface area contributed by atoms with Crippen molar-refractivity contribution in [2.45, 2.75) is 87.5 Å². The second-order valence-electron chi connectivity index (χ2n) is 13.1. The molecular formula is C41H46O11. The van der Waals surface area contributed by atoms with Gasteiger partial charge in [-0.1, -0.05) is 121 Å². The quantitative estimate of drug-likeness (QED) is 0.189. The Kier molecular flexibility index (Phi) is 12.7. The number of hydrogen-bond donors (Lipinski definition) is 2. The second-order valence-corrected chi connectivity index (χ2v) is 13.1. The molecule has 0 aromatic heterocycles. The minimum atomic E-state index is -1.23. The number of benzene rings is 4. The van der Waals surface area contributed by atoms with Crippen LogP contribution in [-0.2, 0) is 62.5 Å². The molecule has 0 bridgehead atoms. The van der Waals surface area contributed by atoms with Crippen LogP contribution in [0, 0.1) is 0 Å². The van der Waals surface area contributed by atoms with Gasteiger partial charge >= 0.3 is 0 Å². The Labute approximate surface area is 303 Å². The predicted molar refractivity (Wildman–Crippen MR) is 187 cm³/mol. The van der Waals surface area contributed by atoms with Gasteiger partial charge in [-0.25, -0.2) is 0 Å². The number of ether oxygens (including phenoxy) is 9. The number of fused-ring (bicyclic) bond motifs is 1. The van der Waals surface area contributed by atoms with Gasteiger partial charge in [-0.05, 0) is 16.7 Å². The van der Waals surface area contributed by atoms with Gasteiger partial charge < -0.3 is 52.8 Å². The number of methoxy groups -OCH3 is 1. The van der Waals surface area contributed by atoms with Crippen molar-refractivity contribution in [3.63, 3.8) is 0 Å². The van der Waals surface area contributed by atoms with E-state index in [4.69, 9.17) is 42.6 Å². The molecule has 11 nitrogen and oxygen atoms in total. The first-order valence-corrected chi connectivity index (χ1v) is 17.7. The second kappa shape index (κ2) is 18.0. The summed E-state index contributed by atoms with van der Waals surface area (Å²) in [6.07, 6.45) is -9.70. The fourth-order valence-corrected chi connectivity index (χ4v) is 6.82. The summed E-state index contributed by atoms with van der Waals surface area (Å²) in [7, 11) is 1.53. The molecule has 276 valence electrons. The summed E-state index contributed by atoms with van der Waals surface area (Å²) in [5.41, 5.74) is 3.64. The predicted octanol–water partition coefficient (Wildman–Crippen LogP) is 4.69. The van der Waals surface area contributed by atoms with Crippen LogP contribution in [0.5, 0.6) is 0 Å². The smallest absolute Gasteiger partial charge is 0.187 e. The number of hydrogen-bond acceptors (Lipinski definition) is 11. The van der Waals surface area contributed by atoms with E-state index < -0.39 is 74.3 Å². The molecule has 0 saturated carbocycles. The minimum Gasteiger partial charge on any atom is -0.394 e. The molecule has 0 radical (unpaired) electrons. The van der Waals surface area contributed by atoms with Crippen molar-refractivity contribution in [1.82, 2.24) is 0 Å². The summed E-state index contributed by atoms with van der Waals surface area (Å²) in [4.78, 5) is 0. The summed E-state index contributed by atoms with van der Waals surface area (Å²) in [6.45, 7) is 0.380. The molecule has 3 aliphatic heterocycles. The third kappa shape index (κ3) is 8.79. The van der Waals surface area contributed by atoms with Gasteiger partial charge in [0, 0.05) is 12.7 Å². The van der Waals surface area contributed by atoms with Crippen LogP contribution < -0.4 is 0 Å². The highest BCUT2D eigenvalue weighted by molar-refractivity contribution is 5.18. The molecule has 3 heterocycles. The standard InChI is InChI=1S/C41H46O11/c1-44-40-38(36(46-24-28-16-8-3-9-17-28)34-32(50-40)26-48-39(51-34)30-20-12-5-13-21-30)52-41-37(47-25-29-18-10-4-11-19-29)35(33(43)31(22-42)49-41)45-23-27-14-6-2-7-15-27/h2-21,31-43H,22-26H2,1H3/t31-,32-,33+,34+,35+,36+,37-,38-,39?,40-,41+/m1/s1. The Balaban J connectivity index is 1.20. The van der Waals surface area contributed by atoms with Crippen LogP contribution in [0.2, 0.25) is 0 Å². The number of aliphatic hydroxyl groups is 2. The van der Waals surface area contributed by atoms with Gasteiger partial charge in [0.05, 0.1) is 33.0 Å². The van der Waals surface area contributed by atoms with Crippen LogP contribution in [0.15, 0.2) is 121 Å². The Morgan fingerprint density at radius 1 is 0.596 bits per heavy atom. The first-order chi connectivity index (χ1) is 25.6. The molecule has 0 amide bonds. The van der Waals surface area contributed by atoms with Crippen molar-refractivity contribution in [1.29, 1.82) is 0 Å². The Bertz CT molecular complexity index is 1620. The lowest BCUT2D eigenvalue weighted by Gasteiger charge is -2.51. The Hall–Kier alpha value is -3.56. The van der Waals surface area contributed by atoms with Crippen LogP contribution in [0.25, 0.3) is 0 Å². The Morgan fingerprint density at radius 3 is 1.65 bits per heavy atom. The fraction of sp³-hybridized carbons (Fsp3) is 0.415. The van der Waals surface area contributed by atoms with Crippen molar-refractivity contribution < 1.29 is 52.8 Å². The van der Waals surface area contributed by atoms with Crippen LogP contribution in [0.4, 0.5) is 0 Å². The lowest BCUT2D eigenvalue weighted by atomic mass is 9.95. The molecular weight excluding hydrogens is 668 g/mol. The first-order valence-electron chi connectivity index (χ1n) is 17.7. The van der Waals surface area contributed by atoms with Crippen LogP contribution >= 0.6 is 0 Å². The maximum absolute atomic E-state index is 11.5. The summed E-state index contributed by atoms with van der Waals surface area (Å²) >= 11 is 0. The summed E-state index contributed by atoms with van der Waals surface area (Å²) in [5.74, 6) is 0. The molecule has 3 saturated heterocycles. The summed E-state index contributed by atoms with van der Waals surface area (Å²) in [5, 5.41) is 21.9. The molecule has 0 spiro atoms. The third-order valence-electron chi connectivity index (χ3n) is 9.53. The van der Waals surface area contributed by atoms with Crippen molar-refractivity contribution in [3.05, 3.63) is 144 Å². The van der Waals surface area contributed by atoms with Crippen LogP contribution in [0.3, 0.4) is 0 Å². The van der Waals surface area contributed by atoms with Gasteiger partial charge in [-0.3, -0.25) is 0 Å². The summed E-state index contributed by atoms with van der Waals surface area (Å²) in [6, 6.07) is 38.8. The van der Waals surface area contributed by atoms with Crippen molar-refractivity contribution in [3.8, 4) is 0 Å². The molecule has 3 aliphatic rings. The zero-order valence-electron chi connectivity index (χ0n) is 29.0. The van der Waals surface area contributed by atoms with E-state index in [0.717, 1.165) is 22.3 Å². The molecule has 11 heteroatoms. The molecule has 0 aliphatic carbocycles. The molecule has 4 aromatic rings. The lowest BCUT2D eigenvalue weighted by molar-refractivity contribution is -0.398. The highest BCUT2D eigenvalue weighted by Gasteiger charge is 2.55. The zero-order valence-corrected chi connectivity index (χ0v) is 29.0. The molecule has 7 rings (SSSR count). The highest BCUT2D eigenvalue weighted by atomic mass is 16.8. The van der Waals surface area contributed by atoms with E-state index in [1.165, 1.54) is 7.11 Å². The first kappa shape index (κ1) is 36.8. The molecule has 3 fully saturated rings. The molecule has 1 unspecified atom stereocenters. The fourth-order valence-electron chi connectivity index (χ4n) is 6.82. The molecule has 52 heavy (non-hydrogen) atoms. The van der Waals surface area contributed by atoms with Crippen LogP contribution in [0.1, 0.15) is 28.5 Å². The number of aliphatic hydroxyl groups excluding tert-OH is 2. The van der Waals surface area contributed by atoms with E-state index in [1.807, 2.05) is 121 Å². The van der Waals surface area contributed by atoms with E-state index in [-0.39, 0.29) is 26.4 Å². The van der Waals surface area contributed by atoms with Gasteiger partial charge in [0.1, 0.15) is 48.8 Å². The average Bonchev–Trinajstić information content (AvgIpc) is 3.20. The third-order valence-corrected chi connectivity index (χ3v) is 9.53. The topological polar surface area (TPSA) is 124 Å². The van der Waals surface area contributed by atoms with E-state index in [0.29, 0.717) is 0 Å².